The molecule has 0 amide bonds. The highest BCUT2D eigenvalue weighted by Gasteiger charge is 2.49. The summed E-state index contributed by atoms with van der Waals surface area (Å²) in [6, 6.07) is 1.81. The monoisotopic (exact) mass is 437 g/mol. The molecular formula is C20H25ClFN5O3. The van der Waals surface area contributed by atoms with E-state index < -0.39 is 6.17 Å². The lowest BCUT2D eigenvalue weighted by Gasteiger charge is -2.31. The maximum Gasteiger partial charge on any atom is 0.319 e. The van der Waals surface area contributed by atoms with Crippen molar-refractivity contribution in [2.45, 2.75) is 43.4 Å². The average molecular weight is 438 g/mol. The second kappa shape index (κ2) is 7.62. The van der Waals surface area contributed by atoms with Crippen LogP contribution < -0.4 is 14.4 Å². The number of alkyl halides is 1. The topological polar surface area (TPSA) is 83.8 Å². The summed E-state index contributed by atoms with van der Waals surface area (Å²) < 4.78 is 26.0. The molecule has 2 fully saturated rings. The van der Waals surface area contributed by atoms with E-state index in [1.165, 1.54) is 0 Å². The van der Waals surface area contributed by atoms with Crippen molar-refractivity contribution in [2.24, 2.45) is 0 Å². The summed E-state index contributed by atoms with van der Waals surface area (Å²) in [7, 11) is 1.90. The minimum atomic E-state index is -0.814. The molecule has 0 bridgehead atoms. The number of anilines is 1. The van der Waals surface area contributed by atoms with Gasteiger partial charge in [0, 0.05) is 32.7 Å². The molecule has 0 aromatic carbocycles. The van der Waals surface area contributed by atoms with Crippen LogP contribution in [0.25, 0.3) is 10.9 Å². The Kier molecular flexibility index (Phi) is 5.07. The first-order valence-electron chi connectivity index (χ1n) is 10.4. The maximum atomic E-state index is 14.1. The molecule has 2 saturated heterocycles. The van der Waals surface area contributed by atoms with Gasteiger partial charge in [-0.2, -0.15) is 9.97 Å². The van der Waals surface area contributed by atoms with Gasteiger partial charge < -0.3 is 19.5 Å². The van der Waals surface area contributed by atoms with Crippen LogP contribution in [0, 0.1) is 0 Å². The molecule has 10 heteroatoms. The van der Waals surface area contributed by atoms with Crippen LogP contribution in [-0.4, -0.2) is 82.7 Å². The van der Waals surface area contributed by atoms with Gasteiger partial charge in [-0.05, 0) is 25.8 Å². The molecule has 0 saturated carbocycles. The van der Waals surface area contributed by atoms with Crippen molar-refractivity contribution in [1.29, 1.82) is 0 Å². The highest BCUT2D eigenvalue weighted by molar-refractivity contribution is 6.30. The molecule has 0 unspecified atom stereocenters. The molecule has 30 heavy (non-hydrogen) atoms. The second-order valence-corrected chi connectivity index (χ2v) is 8.81. The lowest BCUT2D eigenvalue weighted by Crippen LogP contribution is -2.43. The average Bonchev–Trinajstić information content (AvgIpc) is 3.19. The van der Waals surface area contributed by atoms with Gasteiger partial charge in [0.2, 0.25) is 5.88 Å². The molecule has 2 aromatic heterocycles. The minimum absolute atomic E-state index is 0.0310. The Morgan fingerprint density at radius 1 is 1.40 bits per heavy atom. The molecule has 3 atom stereocenters. The van der Waals surface area contributed by atoms with E-state index in [1.807, 2.05) is 11.9 Å². The second-order valence-electron chi connectivity index (χ2n) is 8.43. The van der Waals surface area contributed by atoms with E-state index in [9.17, 15) is 9.50 Å². The fraction of sp³-hybridized carbons (Fsp3) is 0.650. The summed E-state index contributed by atoms with van der Waals surface area (Å²) >= 11 is 6.19. The molecule has 1 N–H and O–H groups in total. The number of rotatable bonds is 5. The van der Waals surface area contributed by atoms with E-state index in [4.69, 9.17) is 21.1 Å². The minimum Gasteiger partial charge on any atom is -0.475 e. The summed E-state index contributed by atoms with van der Waals surface area (Å²) in [5.74, 6) is 1.00. The number of aliphatic hydroxyl groups is 1. The van der Waals surface area contributed by atoms with Crippen LogP contribution >= 0.6 is 11.6 Å². The number of pyridine rings is 1. The van der Waals surface area contributed by atoms with Gasteiger partial charge in [0.25, 0.3) is 0 Å². The van der Waals surface area contributed by atoms with Gasteiger partial charge in [-0.25, -0.2) is 9.37 Å². The van der Waals surface area contributed by atoms with Crippen LogP contribution in [-0.2, 0) is 0 Å². The van der Waals surface area contributed by atoms with Crippen LogP contribution in [0.2, 0.25) is 5.15 Å². The zero-order chi connectivity index (χ0) is 20.9. The number of hydrogen-bond acceptors (Lipinski definition) is 8. The number of hydrogen-bond donors (Lipinski definition) is 1. The Hall–Kier alpha value is -1.97. The van der Waals surface area contributed by atoms with Gasteiger partial charge in [-0.1, -0.05) is 11.6 Å². The Bertz CT molecular complexity index is 966. The highest BCUT2D eigenvalue weighted by atomic mass is 35.5. The normalized spacial score (nSPS) is 28.5. The molecule has 162 valence electrons. The van der Waals surface area contributed by atoms with Crippen LogP contribution in [0.5, 0.6) is 11.9 Å². The smallest absolute Gasteiger partial charge is 0.319 e. The Balaban J connectivity index is 1.50. The van der Waals surface area contributed by atoms with E-state index in [-0.39, 0.29) is 29.4 Å². The quantitative estimate of drug-likeness (QED) is 0.713. The first-order chi connectivity index (χ1) is 14.5. The van der Waals surface area contributed by atoms with Gasteiger partial charge in [0.05, 0.1) is 17.1 Å². The number of fused-ring (bicyclic) bond motifs is 1. The molecule has 5 rings (SSSR count). The first kappa shape index (κ1) is 20.0. The SMILES string of the molecule is CN1c2nc(OC[C@@]34CCCN3C[C@H](F)C4)nc3cc(Cl)nc(c23)OC[C@@H]1CCO. The molecule has 0 spiro atoms. The third-order valence-corrected chi connectivity index (χ3v) is 6.76. The van der Waals surface area contributed by atoms with Crippen molar-refractivity contribution < 1.29 is 19.0 Å². The van der Waals surface area contributed by atoms with Crippen LogP contribution in [0.1, 0.15) is 25.7 Å². The lowest BCUT2D eigenvalue weighted by molar-refractivity contribution is 0.107. The maximum absolute atomic E-state index is 14.1. The standard InChI is InChI=1S/C20H25ClFN5O3/c1-26-13(3-6-28)10-29-18-16-14(7-15(21)24-18)23-19(25-17(16)26)30-11-20-4-2-5-27(20)9-12(22)8-20/h7,12-13,28H,2-6,8-11H2,1H3/t12-,13+,20+/m1/s1. The molecule has 0 radical (unpaired) electrons. The van der Waals surface area contributed by atoms with Crippen molar-refractivity contribution in [2.75, 3.05) is 44.9 Å². The zero-order valence-corrected chi connectivity index (χ0v) is 17.6. The van der Waals surface area contributed by atoms with E-state index in [2.05, 4.69) is 19.9 Å². The molecule has 5 heterocycles. The molecule has 8 nitrogen and oxygen atoms in total. The fourth-order valence-electron chi connectivity index (χ4n) is 5.01. The van der Waals surface area contributed by atoms with Gasteiger partial charge in [-0.15, -0.1) is 0 Å². The molecule has 0 aliphatic carbocycles. The summed E-state index contributed by atoms with van der Waals surface area (Å²) in [6.45, 7) is 2.11. The summed E-state index contributed by atoms with van der Waals surface area (Å²) in [4.78, 5) is 17.7. The van der Waals surface area contributed by atoms with Crippen molar-refractivity contribution in [3.63, 3.8) is 0 Å². The molecule has 2 aromatic rings. The number of aromatic nitrogens is 3. The molecule has 3 aliphatic rings. The summed E-state index contributed by atoms with van der Waals surface area (Å²) in [5, 5.41) is 10.4. The van der Waals surface area contributed by atoms with Crippen molar-refractivity contribution >= 4 is 28.3 Å². The Morgan fingerprint density at radius 2 is 2.27 bits per heavy atom. The zero-order valence-electron chi connectivity index (χ0n) is 16.9. The number of nitrogens with zero attached hydrogens (tertiary/aromatic N) is 5. The van der Waals surface area contributed by atoms with Gasteiger partial charge >= 0.3 is 6.01 Å². The molecule has 3 aliphatic heterocycles. The predicted molar refractivity (Wildman–Crippen MR) is 110 cm³/mol. The number of ether oxygens (including phenoxy) is 2. The highest BCUT2D eigenvalue weighted by Crippen LogP contribution is 2.41. The van der Waals surface area contributed by atoms with Crippen molar-refractivity contribution in [1.82, 2.24) is 19.9 Å². The largest absolute Gasteiger partial charge is 0.475 e. The third kappa shape index (κ3) is 3.33. The lowest BCUT2D eigenvalue weighted by atomic mass is 9.95. The van der Waals surface area contributed by atoms with Crippen LogP contribution in [0.4, 0.5) is 10.2 Å². The molecular weight excluding hydrogens is 413 g/mol. The van der Waals surface area contributed by atoms with Gasteiger partial charge in [-0.3, -0.25) is 4.90 Å². The number of likely N-dealkylation sites (N-methyl/N-ethyl adjacent to an activating group) is 1. The fourth-order valence-corrected chi connectivity index (χ4v) is 5.19. The summed E-state index contributed by atoms with van der Waals surface area (Å²) in [6.07, 6.45) is 2.16. The van der Waals surface area contributed by atoms with Gasteiger partial charge in [0.15, 0.2) is 0 Å². The van der Waals surface area contributed by atoms with Crippen LogP contribution in [0.15, 0.2) is 6.07 Å². The number of aliphatic hydroxyl groups excluding tert-OH is 1. The van der Waals surface area contributed by atoms with E-state index in [0.717, 1.165) is 19.4 Å². The third-order valence-electron chi connectivity index (χ3n) is 6.56. The van der Waals surface area contributed by atoms with Crippen molar-refractivity contribution in [3.05, 3.63) is 11.2 Å². The predicted octanol–water partition coefficient (Wildman–Crippen LogP) is 2.21. The van der Waals surface area contributed by atoms with Gasteiger partial charge in [0.1, 0.15) is 35.7 Å². The summed E-state index contributed by atoms with van der Waals surface area (Å²) in [5.41, 5.74) is 0.304. The first-order valence-corrected chi connectivity index (χ1v) is 10.7. The number of halogens is 2. The van der Waals surface area contributed by atoms with E-state index in [0.29, 0.717) is 55.2 Å². The van der Waals surface area contributed by atoms with Crippen molar-refractivity contribution in [3.8, 4) is 11.9 Å². The van der Waals surface area contributed by atoms with Crippen LogP contribution in [0.3, 0.4) is 0 Å². The van der Waals surface area contributed by atoms with E-state index >= 15 is 0 Å². The Morgan fingerprint density at radius 3 is 3.10 bits per heavy atom. The van der Waals surface area contributed by atoms with E-state index in [1.54, 1.807) is 6.07 Å². The Labute approximate surface area is 179 Å².